The molecule has 19 heavy (non-hydrogen) atoms. The number of nitrogens with one attached hydrogen (secondary N) is 2. The fraction of sp³-hybridized carbons (Fsp3) is 0.385. The minimum atomic E-state index is -1.12. The summed E-state index contributed by atoms with van der Waals surface area (Å²) in [5.74, 6) is -1.50. The Hall–Kier alpha value is -1.92. The molecule has 4 N–H and O–H groups in total. The maximum Gasteiger partial charge on any atom is 0.321 e. The van der Waals surface area contributed by atoms with E-state index in [0.29, 0.717) is 5.69 Å². The predicted molar refractivity (Wildman–Crippen MR) is 70.9 cm³/mol. The number of carbonyl (C=O) groups is 2. The minimum Gasteiger partial charge on any atom is -0.480 e. The molecule has 0 heterocycles. The van der Waals surface area contributed by atoms with Crippen molar-refractivity contribution in [3.8, 4) is 0 Å². The maximum absolute atomic E-state index is 11.7. The highest BCUT2D eigenvalue weighted by Gasteiger charge is 2.20. The highest BCUT2D eigenvalue weighted by atomic mass is 16.4. The first-order chi connectivity index (χ1) is 9.02. The van der Waals surface area contributed by atoms with Gasteiger partial charge in [0.2, 0.25) is 5.91 Å². The van der Waals surface area contributed by atoms with Crippen molar-refractivity contribution in [3.05, 3.63) is 29.8 Å². The van der Waals surface area contributed by atoms with E-state index in [-0.39, 0.29) is 25.5 Å². The SMILES string of the molecule is Cc1cccc(NC(=O)CC(NCCO)C(=O)O)c1. The third-order valence-electron chi connectivity index (χ3n) is 2.49. The number of aliphatic hydroxyl groups is 1. The van der Waals surface area contributed by atoms with E-state index < -0.39 is 12.0 Å². The first-order valence-corrected chi connectivity index (χ1v) is 5.96. The molecule has 0 aromatic heterocycles. The van der Waals surface area contributed by atoms with Gasteiger partial charge in [-0.05, 0) is 24.6 Å². The average molecular weight is 266 g/mol. The van der Waals surface area contributed by atoms with Gasteiger partial charge in [-0.1, -0.05) is 12.1 Å². The molecule has 1 aromatic carbocycles. The highest BCUT2D eigenvalue weighted by Crippen LogP contribution is 2.10. The van der Waals surface area contributed by atoms with Crippen molar-refractivity contribution in [1.29, 1.82) is 0 Å². The summed E-state index contributed by atoms with van der Waals surface area (Å²) in [6.07, 6.45) is -0.191. The molecule has 1 atom stereocenters. The summed E-state index contributed by atoms with van der Waals surface area (Å²) in [4.78, 5) is 22.6. The van der Waals surface area contributed by atoms with Crippen molar-refractivity contribution in [2.45, 2.75) is 19.4 Å². The number of benzene rings is 1. The monoisotopic (exact) mass is 266 g/mol. The molecule has 0 aliphatic carbocycles. The number of anilines is 1. The van der Waals surface area contributed by atoms with Gasteiger partial charge in [-0.25, -0.2) is 0 Å². The van der Waals surface area contributed by atoms with Crippen LogP contribution in [0.1, 0.15) is 12.0 Å². The largest absolute Gasteiger partial charge is 0.480 e. The highest BCUT2D eigenvalue weighted by molar-refractivity contribution is 5.94. The van der Waals surface area contributed by atoms with E-state index in [1.165, 1.54) is 0 Å². The van der Waals surface area contributed by atoms with Crippen molar-refractivity contribution in [1.82, 2.24) is 5.32 Å². The number of rotatable bonds is 7. The van der Waals surface area contributed by atoms with Crippen molar-refractivity contribution in [2.75, 3.05) is 18.5 Å². The maximum atomic E-state index is 11.7. The van der Waals surface area contributed by atoms with Gasteiger partial charge in [-0.2, -0.15) is 0 Å². The van der Waals surface area contributed by atoms with Crippen molar-refractivity contribution in [3.63, 3.8) is 0 Å². The molecule has 104 valence electrons. The zero-order valence-corrected chi connectivity index (χ0v) is 10.7. The molecule has 0 radical (unpaired) electrons. The Morgan fingerprint density at radius 1 is 1.37 bits per heavy atom. The Bertz CT molecular complexity index is 448. The molecule has 0 spiro atoms. The molecule has 6 nitrogen and oxygen atoms in total. The Labute approximate surface area is 111 Å². The van der Waals surface area contributed by atoms with Crippen molar-refractivity contribution >= 4 is 17.6 Å². The zero-order chi connectivity index (χ0) is 14.3. The fourth-order valence-corrected chi connectivity index (χ4v) is 1.61. The summed E-state index contributed by atoms with van der Waals surface area (Å²) in [6, 6.07) is 6.25. The van der Waals surface area contributed by atoms with Crippen LogP contribution in [0.25, 0.3) is 0 Å². The summed E-state index contributed by atoms with van der Waals surface area (Å²) in [7, 11) is 0. The normalized spacial score (nSPS) is 11.9. The lowest BCUT2D eigenvalue weighted by molar-refractivity contribution is -0.141. The Kier molecular flexibility index (Phi) is 5.98. The molecule has 1 unspecified atom stereocenters. The molecule has 1 amide bonds. The lowest BCUT2D eigenvalue weighted by atomic mass is 10.2. The van der Waals surface area contributed by atoms with E-state index in [4.69, 9.17) is 10.2 Å². The molecular formula is C13H18N2O4. The van der Waals surface area contributed by atoms with Crippen LogP contribution in [-0.2, 0) is 9.59 Å². The number of hydrogen-bond acceptors (Lipinski definition) is 4. The smallest absolute Gasteiger partial charge is 0.321 e. The van der Waals surface area contributed by atoms with Crippen molar-refractivity contribution < 1.29 is 19.8 Å². The second kappa shape index (κ2) is 7.50. The number of carboxylic acids is 1. The van der Waals surface area contributed by atoms with Gasteiger partial charge in [0.15, 0.2) is 0 Å². The minimum absolute atomic E-state index is 0.134. The summed E-state index contributed by atoms with van der Waals surface area (Å²) < 4.78 is 0. The van der Waals surface area contributed by atoms with Crippen LogP contribution in [0.2, 0.25) is 0 Å². The summed E-state index contributed by atoms with van der Waals surface area (Å²) in [6.45, 7) is 1.86. The summed E-state index contributed by atoms with van der Waals surface area (Å²) in [5.41, 5.74) is 1.64. The Morgan fingerprint density at radius 3 is 2.68 bits per heavy atom. The fourth-order valence-electron chi connectivity index (χ4n) is 1.61. The Balaban J connectivity index is 2.55. The molecule has 0 saturated heterocycles. The molecule has 6 heteroatoms. The number of aryl methyl sites for hydroxylation is 1. The van der Waals surface area contributed by atoms with E-state index in [1.54, 1.807) is 12.1 Å². The van der Waals surface area contributed by atoms with E-state index in [2.05, 4.69) is 10.6 Å². The van der Waals surface area contributed by atoms with Crippen LogP contribution in [0.4, 0.5) is 5.69 Å². The number of aliphatic carboxylic acids is 1. The molecular weight excluding hydrogens is 248 g/mol. The third-order valence-corrected chi connectivity index (χ3v) is 2.49. The summed E-state index contributed by atoms with van der Waals surface area (Å²) in [5, 5.41) is 22.8. The molecule has 0 fully saturated rings. The van der Waals surface area contributed by atoms with Gasteiger partial charge in [0, 0.05) is 12.2 Å². The van der Waals surface area contributed by atoms with E-state index in [0.717, 1.165) is 5.56 Å². The van der Waals surface area contributed by atoms with Crippen LogP contribution < -0.4 is 10.6 Å². The quantitative estimate of drug-likeness (QED) is 0.571. The van der Waals surface area contributed by atoms with E-state index in [1.807, 2.05) is 19.1 Å². The van der Waals surface area contributed by atoms with Crippen LogP contribution in [0, 0.1) is 6.92 Å². The number of aliphatic hydroxyl groups excluding tert-OH is 1. The lowest BCUT2D eigenvalue weighted by Gasteiger charge is -2.13. The van der Waals surface area contributed by atoms with Gasteiger partial charge in [0.25, 0.3) is 0 Å². The number of carbonyl (C=O) groups excluding carboxylic acids is 1. The molecule has 1 rings (SSSR count). The number of hydrogen-bond donors (Lipinski definition) is 4. The van der Waals surface area contributed by atoms with Crippen molar-refractivity contribution in [2.24, 2.45) is 0 Å². The lowest BCUT2D eigenvalue weighted by Crippen LogP contribution is -2.41. The second-order valence-electron chi connectivity index (χ2n) is 4.19. The molecule has 1 aromatic rings. The summed E-state index contributed by atoms with van der Waals surface area (Å²) >= 11 is 0. The van der Waals surface area contributed by atoms with Crippen LogP contribution in [0.3, 0.4) is 0 Å². The first kappa shape index (κ1) is 15.1. The van der Waals surface area contributed by atoms with Gasteiger partial charge in [-0.15, -0.1) is 0 Å². The van der Waals surface area contributed by atoms with Gasteiger partial charge in [-0.3, -0.25) is 9.59 Å². The van der Waals surface area contributed by atoms with Crippen LogP contribution in [0.15, 0.2) is 24.3 Å². The predicted octanol–water partition coefficient (Wildman–Crippen LogP) is 0.359. The zero-order valence-electron chi connectivity index (χ0n) is 10.7. The van der Waals surface area contributed by atoms with Gasteiger partial charge in [0.05, 0.1) is 13.0 Å². The van der Waals surface area contributed by atoms with Gasteiger partial charge in [0.1, 0.15) is 6.04 Å². The van der Waals surface area contributed by atoms with Crippen LogP contribution in [-0.4, -0.2) is 41.3 Å². The Morgan fingerprint density at radius 2 is 2.11 bits per heavy atom. The third kappa shape index (κ3) is 5.50. The molecule has 0 saturated carbocycles. The molecule has 0 aliphatic heterocycles. The average Bonchev–Trinajstić information content (AvgIpc) is 2.34. The number of carboxylic acid groups (broad SMARTS) is 1. The van der Waals surface area contributed by atoms with Gasteiger partial charge < -0.3 is 20.8 Å². The number of amides is 1. The van der Waals surface area contributed by atoms with Crippen LogP contribution in [0.5, 0.6) is 0 Å². The van der Waals surface area contributed by atoms with E-state index in [9.17, 15) is 9.59 Å². The van der Waals surface area contributed by atoms with Crippen LogP contribution >= 0.6 is 0 Å². The topological polar surface area (TPSA) is 98.7 Å². The van der Waals surface area contributed by atoms with Gasteiger partial charge >= 0.3 is 5.97 Å². The van der Waals surface area contributed by atoms with E-state index >= 15 is 0 Å². The standard InChI is InChI=1S/C13H18N2O4/c1-9-3-2-4-10(7-9)15-12(17)8-11(13(18)19)14-5-6-16/h2-4,7,11,14,16H,5-6,8H2,1H3,(H,15,17)(H,18,19). The molecule has 0 bridgehead atoms. The molecule has 0 aliphatic rings. The second-order valence-corrected chi connectivity index (χ2v) is 4.19. The first-order valence-electron chi connectivity index (χ1n) is 5.96.